The Morgan fingerprint density at radius 1 is 1.22 bits per heavy atom. The molecule has 1 aliphatic rings. The number of nitrogens with zero attached hydrogens (tertiary/aromatic N) is 4. The summed E-state index contributed by atoms with van der Waals surface area (Å²) in [5, 5.41) is 8.59. The molecular weight excluding hydrogens is 284 g/mol. The number of benzene rings is 1. The second-order valence-electron chi connectivity index (χ2n) is 6.91. The number of rotatable bonds is 6. The zero-order valence-electron chi connectivity index (χ0n) is 14.5. The fourth-order valence-corrected chi connectivity index (χ4v) is 3.62. The first kappa shape index (κ1) is 16.2. The van der Waals surface area contributed by atoms with Crippen molar-refractivity contribution >= 4 is 0 Å². The number of aromatic nitrogens is 3. The topological polar surface area (TPSA) is 34.0 Å². The maximum atomic E-state index is 4.42. The van der Waals surface area contributed by atoms with E-state index in [1.54, 1.807) is 0 Å². The van der Waals surface area contributed by atoms with Crippen LogP contribution >= 0.6 is 0 Å². The standard InChI is InChI=1S/C19H28N4/c1-4-15(2)18-10-11-22(13-18)16(3)19-21-20-14-23(19)12-17-8-6-5-7-9-17/h5-9,14-16,18H,4,10-13H2,1-3H3/t15-,16?,18?/m0/s1. The van der Waals surface area contributed by atoms with Gasteiger partial charge in [0.2, 0.25) is 0 Å². The van der Waals surface area contributed by atoms with Crippen molar-refractivity contribution in [1.29, 1.82) is 0 Å². The van der Waals surface area contributed by atoms with Crippen LogP contribution in [0.25, 0.3) is 0 Å². The molecule has 0 aliphatic carbocycles. The van der Waals surface area contributed by atoms with E-state index < -0.39 is 0 Å². The first-order valence-corrected chi connectivity index (χ1v) is 8.84. The molecular formula is C19H28N4. The largest absolute Gasteiger partial charge is 0.312 e. The quantitative estimate of drug-likeness (QED) is 0.814. The molecule has 1 aromatic heterocycles. The van der Waals surface area contributed by atoms with Crippen LogP contribution in [-0.2, 0) is 6.54 Å². The zero-order chi connectivity index (χ0) is 16.2. The molecule has 2 heterocycles. The highest BCUT2D eigenvalue weighted by Gasteiger charge is 2.31. The molecule has 2 aromatic rings. The number of hydrogen-bond donors (Lipinski definition) is 0. The van der Waals surface area contributed by atoms with Crippen LogP contribution in [0.5, 0.6) is 0 Å². The molecule has 1 aromatic carbocycles. The Balaban J connectivity index is 1.69. The smallest absolute Gasteiger partial charge is 0.150 e. The summed E-state index contributed by atoms with van der Waals surface area (Å²) >= 11 is 0. The van der Waals surface area contributed by atoms with E-state index in [0.717, 1.165) is 24.2 Å². The van der Waals surface area contributed by atoms with Gasteiger partial charge >= 0.3 is 0 Å². The maximum absolute atomic E-state index is 4.42. The molecule has 3 rings (SSSR count). The predicted molar refractivity (Wildman–Crippen MR) is 93.1 cm³/mol. The number of hydrogen-bond acceptors (Lipinski definition) is 3. The van der Waals surface area contributed by atoms with Crippen LogP contribution in [0.3, 0.4) is 0 Å². The Morgan fingerprint density at radius 3 is 2.74 bits per heavy atom. The van der Waals surface area contributed by atoms with Crippen molar-refractivity contribution in [3.63, 3.8) is 0 Å². The second kappa shape index (κ2) is 7.26. The minimum atomic E-state index is 0.329. The first-order valence-electron chi connectivity index (χ1n) is 8.84. The third kappa shape index (κ3) is 3.63. The lowest BCUT2D eigenvalue weighted by atomic mass is 9.91. The summed E-state index contributed by atoms with van der Waals surface area (Å²) in [5.41, 5.74) is 1.29. The lowest BCUT2D eigenvalue weighted by Crippen LogP contribution is -2.28. The minimum Gasteiger partial charge on any atom is -0.312 e. The minimum absolute atomic E-state index is 0.329. The molecule has 0 saturated carbocycles. The molecule has 0 spiro atoms. The first-order chi connectivity index (χ1) is 11.2. The van der Waals surface area contributed by atoms with Gasteiger partial charge in [0.15, 0.2) is 0 Å². The van der Waals surface area contributed by atoms with Crippen molar-refractivity contribution in [3.05, 3.63) is 48.0 Å². The molecule has 1 saturated heterocycles. The van der Waals surface area contributed by atoms with Crippen LogP contribution in [0.2, 0.25) is 0 Å². The highest BCUT2D eigenvalue weighted by Crippen LogP contribution is 2.31. The van der Waals surface area contributed by atoms with Crippen molar-refractivity contribution in [2.45, 2.75) is 46.2 Å². The van der Waals surface area contributed by atoms with Gasteiger partial charge in [-0.15, -0.1) is 10.2 Å². The molecule has 124 valence electrons. The average Bonchev–Trinajstić information content (AvgIpc) is 3.24. The Kier molecular flexibility index (Phi) is 5.11. The van der Waals surface area contributed by atoms with Crippen LogP contribution in [0, 0.1) is 11.8 Å². The molecule has 23 heavy (non-hydrogen) atoms. The molecule has 4 nitrogen and oxygen atoms in total. The summed E-state index contributed by atoms with van der Waals surface area (Å²) in [6.45, 7) is 10.2. The molecule has 0 radical (unpaired) electrons. The Morgan fingerprint density at radius 2 is 2.00 bits per heavy atom. The molecule has 3 atom stereocenters. The van der Waals surface area contributed by atoms with E-state index in [4.69, 9.17) is 0 Å². The number of likely N-dealkylation sites (tertiary alicyclic amines) is 1. The van der Waals surface area contributed by atoms with Crippen molar-refractivity contribution in [2.75, 3.05) is 13.1 Å². The van der Waals surface area contributed by atoms with Crippen LogP contribution in [0.1, 0.15) is 51.0 Å². The summed E-state index contributed by atoms with van der Waals surface area (Å²) in [7, 11) is 0. The summed E-state index contributed by atoms with van der Waals surface area (Å²) < 4.78 is 2.19. The summed E-state index contributed by atoms with van der Waals surface area (Å²) in [6.07, 6.45) is 4.45. The molecule has 1 fully saturated rings. The maximum Gasteiger partial charge on any atom is 0.150 e. The van der Waals surface area contributed by atoms with E-state index in [2.05, 4.69) is 70.8 Å². The predicted octanol–water partition coefficient (Wildman–Crippen LogP) is 3.76. The van der Waals surface area contributed by atoms with Gasteiger partial charge in [-0.2, -0.15) is 0 Å². The zero-order valence-corrected chi connectivity index (χ0v) is 14.5. The van der Waals surface area contributed by atoms with Crippen molar-refractivity contribution in [1.82, 2.24) is 19.7 Å². The van der Waals surface area contributed by atoms with Gasteiger partial charge in [0.1, 0.15) is 12.2 Å². The van der Waals surface area contributed by atoms with Gasteiger partial charge in [-0.25, -0.2) is 0 Å². The molecule has 1 aliphatic heterocycles. The van der Waals surface area contributed by atoms with Gasteiger partial charge in [0, 0.05) is 6.54 Å². The third-order valence-electron chi connectivity index (χ3n) is 5.47. The van der Waals surface area contributed by atoms with Crippen molar-refractivity contribution in [2.24, 2.45) is 11.8 Å². The summed E-state index contributed by atoms with van der Waals surface area (Å²) in [6, 6.07) is 10.9. The molecule has 0 amide bonds. The molecule has 2 unspecified atom stereocenters. The van der Waals surface area contributed by atoms with E-state index in [0.29, 0.717) is 6.04 Å². The van der Waals surface area contributed by atoms with E-state index in [1.165, 1.54) is 31.5 Å². The van der Waals surface area contributed by atoms with Gasteiger partial charge in [0.05, 0.1) is 12.6 Å². The molecule has 0 N–H and O–H groups in total. The van der Waals surface area contributed by atoms with E-state index >= 15 is 0 Å². The highest BCUT2D eigenvalue weighted by atomic mass is 15.3. The van der Waals surface area contributed by atoms with Crippen LogP contribution in [0.15, 0.2) is 36.7 Å². The third-order valence-corrected chi connectivity index (χ3v) is 5.47. The van der Waals surface area contributed by atoms with E-state index in [1.807, 2.05) is 6.33 Å². The normalized spacial score (nSPS) is 21.4. The van der Waals surface area contributed by atoms with Crippen LogP contribution in [0.4, 0.5) is 0 Å². The van der Waals surface area contributed by atoms with Gasteiger partial charge in [-0.1, -0.05) is 50.6 Å². The fourth-order valence-electron chi connectivity index (χ4n) is 3.62. The van der Waals surface area contributed by atoms with Crippen molar-refractivity contribution in [3.8, 4) is 0 Å². The van der Waals surface area contributed by atoms with Crippen LogP contribution < -0.4 is 0 Å². The molecule has 0 bridgehead atoms. The van der Waals surface area contributed by atoms with Gasteiger partial charge < -0.3 is 4.57 Å². The Bertz CT molecular complexity index is 607. The summed E-state index contributed by atoms with van der Waals surface area (Å²) in [4.78, 5) is 2.57. The second-order valence-corrected chi connectivity index (χ2v) is 6.91. The monoisotopic (exact) mass is 312 g/mol. The van der Waals surface area contributed by atoms with Crippen molar-refractivity contribution < 1.29 is 0 Å². The van der Waals surface area contributed by atoms with E-state index in [9.17, 15) is 0 Å². The average molecular weight is 312 g/mol. The van der Waals surface area contributed by atoms with Gasteiger partial charge in [-0.3, -0.25) is 4.90 Å². The van der Waals surface area contributed by atoms with Gasteiger partial charge in [0.25, 0.3) is 0 Å². The highest BCUT2D eigenvalue weighted by molar-refractivity contribution is 5.15. The SMILES string of the molecule is CC[C@H](C)C1CCN(C(C)c2nncn2Cc2ccccc2)C1. The Hall–Kier alpha value is -1.68. The van der Waals surface area contributed by atoms with E-state index in [-0.39, 0.29) is 0 Å². The lowest BCUT2D eigenvalue weighted by Gasteiger charge is -2.25. The lowest BCUT2D eigenvalue weighted by molar-refractivity contribution is 0.225. The van der Waals surface area contributed by atoms with Crippen LogP contribution in [-0.4, -0.2) is 32.8 Å². The molecule has 4 heteroatoms. The summed E-state index contributed by atoms with van der Waals surface area (Å²) in [5.74, 6) is 2.72. The Labute approximate surface area is 139 Å². The fraction of sp³-hybridized carbons (Fsp3) is 0.579. The van der Waals surface area contributed by atoms with Gasteiger partial charge in [-0.05, 0) is 37.3 Å².